The Morgan fingerprint density at radius 1 is 1.24 bits per heavy atom. The van der Waals surface area contributed by atoms with Crippen LogP contribution in [0.5, 0.6) is 5.75 Å². The van der Waals surface area contributed by atoms with Crippen molar-refractivity contribution in [3.8, 4) is 5.75 Å². The van der Waals surface area contributed by atoms with Gasteiger partial charge in [-0.2, -0.15) is 0 Å². The lowest BCUT2D eigenvalue weighted by Gasteiger charge is -2.39. The molecule has 2 unspecified atom stereocenters. The van der Waals surface area contributed by atoms with Crippen LogP contribution in [0.2, 0.25) is 0 Å². The van der Waals surface area contributed by atoms with Crippen LogP contribution in [0.15, 0.2) is 30.3 Å². The van der Waals surface area contributed by atoms with Gasteiger partial charge in [-0.15, -0.1) is 0 Å². The second kappa shape index (κ2) is 5.30. The Morgan fingerprint density at radius 3 is 2.86 bits per heavy atom. The molecule has 1 aromatic heterocycles. The minimum atomic E-state index is 0.0710. The number of rotatable bonds is 2. The molecule has 1 aliphatic rings. The van der Waals surface area contributed by atoms with E-state index >= 15 is 0 Å². The summed E-state index contributed by atoms with van der Waals surface area (Å²) in [5.41, 5.74) is 8.52. The molecule has 1 fully saturated rings. The first-order valence-electron chi connectivity index (χ1n) is 7.73. The molecule has 112 valence electrons. The number of aryl methyl sites for hydroxylation is 1. The molecule has 3 heteroatoms. The summed E-state index contributed by atoms with van der Waals surface area (Å²) in [5, 5.41) is 1.11. The number of fused-ring (bicyclic) bond motifs is 1. The first-order chi connectivity index (χ1) is 9.94. The molecule has 0 radical (unpaired) electrons. The Morgan fingerprint density at radius 2 is 2.05 bits per heavy atom. The average Bonchev–Trinajstić information content (AvgIpc) is 2.43. The quantitative estimate of drug-likeness (QED) is 0.911. The summed E-state index contributed by atoms with van der Waals surface area (Å²) in [5.74, 6) is 0.856. The number of benzene rings is 1. The van der Waals surface area contributed by atoms with Gasteiger partial charge in [-0.3, -0.25) is 0 Å². The Labute approximate surface area is 126 Å². The molecule has 1 aromatic carbocycles. The molecule has 0 spiro atoms. The largest absolute Gasteiger partial charge is 0.487 e. The lowest BCUT2D eigenvalue weighted by Crippen LogP contribution is -2.46. The van der Waals surface area contributed by atoms with E-state index in [9.17, 15) is 0 Å². The van der Waals surface area contributed by atoms with Crippen LogP contribution in [0.25, 0.3) is 10.9 Å². The third kappa shape index (κ3) is 3.03. The zero-order valence-electron chi connectivity index (χ0n) is 13.1. The van der Waals surface area contributed by atoms with Gasteiger partial charge >= 0.3 is 0 Å². The summed E-state index contributed by atoms with van der Waals surface area (Å²) in [4.78, 5) is 4.64. The highest BCUT2D eigenvalue weighted by molar-refractivity contribution is 5.84. The van der Waals surface area contributed by atoms with Crippen molar-refractivity contribution in [1.29, 1.82) is 0 Å². The predicted octanol–water partition coefficient (Wildman–Crippen LogP) is 3.83. The maximum absolute atomic E-state index is 6.28. The molecular formula is C18H24N2O. The number of nitrogens with two attached hydrogens (primary N) is 1. The molecule has 1 heterocycles. The number of ether oxygens (including phenoxy) is 1. The molecule has 0 saturated heterocycles. The van der Waals surface area contributed by atoms with Crippen LogP contribution in [-0.2, 0) is 0 Å². The number of nitrogens with zero attached hydrogens (tertiary/aromatic N) is 1. The lowest BCUT2D eigenvalue weighted by atomic mass is 9.74. The van der Waals surface area contributed by atoms with Crippen LogP contribution in [0, 0.1) is 12.3 Å². The van der Waals surface area contributed by atoms with E-state index < -0.39 is 0 Å². The standard InChI is InChI=1S/C18H24N2O/c1-12-7-8-13-5-4-6-15(17(13)20-12)21-16-11-18(2,3)10-9-14(16)19/h4-8,14,16H,9-11,19H2,1-3H3. The van der Waals surface area contributed by atoms with E-state index in [0.717, 1.165) is 35.2 Å². The molecule has 2 atom stereocenters. The zero-order chi connectivity index (χ0) is 15.0. The summed E-state index contributed by atoms with van der Waals surface area (Å²) >= 11 is 0. The van der Waals surface area contributed by atoms with Gasteiger partial charge in [-0.1, -0.05) is 32.0 Å². The van der Waals surface area contributed by atoms with E-state index in [-0.39, 0.29) is 12.1 Å². The van der Waals surface area contributed by atoms with Crippen molar-refractivity contribution in [2.24, 2.45) is 11.1 Å². The summed E-state index contributed by atoms with van der Waals surface area (Å²) in [6.07, 6.45) is 3.26. The van der Waals surface area contributed by atoms with Crippen molar-refractivity contribution in [3.05, 3.63) is 36.0 Å². The molecule has 2 N–H and O–H groups in total. The summed E-state index contributed by atoms with van der Waals surface area (Å²) in [7, 11) is 0. The highest BCUT2D eigenvalue weighted by atomic mass is 16.5. The van der Waals surface area contributed by atoms with E-state index in [2.05, 4.69) is 31.0 Å². The normalized spacial score (nSPS) is 25.0. The van der Waals surface area contributed by atoms with Crippen molar-refractivity contribution in [2.45, 2.75) is 52.2 Å². The summed E-state index contributed by atoms with van der Waals surface area (Å²) < 4.78 is 6.28. The van der Waals surface area contributed by atoms with Crippen LogP contribution in [0.4, 0.5) is 0 Å². The maximum atomic E-state index is 6.28. The fourth-order valence-electron chi connectivity index (χ4n) is 3.15. The van der Waals surface area contributed by atoms with Gasteiger partial charge in [-0.05, 0) is 43.7 Å². The molecule has 3 rings (SSSR count). The van der Waals surface area contributed by atoms with E-state index in [1.165, 1.54) is 6.42 Å². The monoisotopic (exact) mass is 284 g/mol. The Kier molecular flexibility index (Phi) is 3.62. The SMILES string of the molecule is Cc1ccc2cccc(OC3CC(C)(C)CCC3N)c2n1. The first-order valence-corrected chi connectivity index (χ1v) is 7.73. The van der Waals surface area contributed by atoms with Gasteiger partial charge in [0.05, 0.1) is 0 Å². The van der Waals surface area contributed by atoms with Crippen LogP contribution >= 0.6 is 0 Å². The van der Waals surface area contributed by atoms with Gasteiger partial charge in [0, 0.05) is 17.1 Å². The van der Waals surface area contributed by atoms with Crippen LogP contribution in [-0.4, -0.2) is 17.1 Å². The van der Waals surface area contributed by atoms with Gasteiger partial charge in [0.25, 0.3) is 0 Å². The Bertz CT molecular complexity index is 651. The van der Waals surface area contributed by atoms with E-state index in [1.807, 2.05) is 25.1 Å². The minimum absolute atomic E-state index is 0.0710. The van der Waals surface area contributed by atoms with Crippen LogP contribution < -0.4 is 10.5 Å². The molecule has 0 bridgehead atoms. The summed E-state index contributed by atoms with van der Waals surface area (Å²) in [6, 6.07) is 10.3. The molecular weight excluding hydrogens is 260 g/mol. The number of hydrogen-bond acceptors (Lipinski definition) is 3. The zero-order valence-corrected chi connectivity index (χ0v) is 13.1. The van der Waals surface area contributed by atoms with Crippen molar-refractivity contribution in [2.75, 3.05) is 0 Å². The van der Waals surface area contributed by atoms with Crippen LogP contribution in [0.3, 0.4) is 0 Å². The van der Waals surface area contributed by atoms with Crippen molar-refractivity contribution in [3.63, 3.8) is 0 Å². The highest BCUT2D eigenvalue weighted by Gasteiger charge is 2.34. The fourth-order valence-corrected chi connectivity index (χ4v) is 3.15. The smallest absolute Gasteiger partial charge is 0.146 e. The van der Waals surface area contributed by atoms with Gasteiger partial charge < -0.3 is 10.5 Å². The highest BCUT2D eigenvalue weighted by Crippen LogP contribution is 2.37. The lowest BCUT2D eigenvalue weighted by molar-refractivity contribution is 0.0679. The minimum Gasteiger partial charge on any atom is -0.487 e. The number of aromatic nitrogens is 1. The van der Waals surface area contributed by atoms with E-state index in [4.69, 9.17) is 10.5 Å². The van der Waals surface area contributed by atoms with Gasteiger partial charge in [0.1, 0.15) is 17.4 Å². The molecule has 1 saturated carbocycles. The molecule has 0 amide bonds. The third-order valence-electron chi connectivity index (χ3n) is 4.49. The average molecular weight is 284 g/mol. The maximum Gasteiger partial charge on any atom is 0.146 e. The molecule has 3 nitrogen and oxygen atoms in total. The Hall–Kier alpha value is -1.61. The fraction of sp³-hybridized carbons (Fsp3) is 0.500. The predicted molar refractivity (Wildman–Crippen MR) is 86.5 cm³/mol. The van der Waals surface area contributed by atoms with Crippen molar-refractivity contribution < 1.29 is 4.74 Å². The van der Waals surface area contributed by atoms with E-state index in [1.54, 1.807) is 0 Å². The third-order valence-corrected chi connectivity index (χ3v) is 4.49. The van der Waals surface area contributed by atoms with E-state index in [0.29, 0.717) is 5.41 Å². The number of pyridine rings is 1. The second-order valence-corrected chi connectivity index (χ2v) is 7.01. The second-order valence-electron chi connectivity index (χ2n) is 7.01. The van der Waals surface area contributed by atoms with Crippen molar-refractivity contribution in [1.82, 2.24) is 4.98 Å². The molecule has 21 heavy (non-hydrogen) atoms. The Balaban J connectivity index is 1.92. The van der Waals surface area contributed by atoms with Gasteiger partial charge in [0.15, 0.2) is 0 Å². The number of hydrogen-bond donors (Lipinski definition) is 1. The van der Waals surface area contributed by atoms with Gasteiger partial charge in [-0.25, -0.2) is 4.98 Å². The summed E-state index contributed by atoms with van der Waals surface area (Å²) in [6.45, 7) is 6.59. The van der Waals surface area contributed by atoms with Crippen LogP contribution in [0.1, 0.15) is 38.8 Å². The number of para-hydroxylation sites is 1. The first kappa shape index (κ1) is 14.3. The molecule has 0 aliphatic heterocycles. The topological polar surface area (TPSA) is 48.1 Å². The van der Waals surface area contributed by atoms with Gasteiger partial charge in [0.2, 0.25) is 0 Å². The molecule has 2 aromatic rings. The van der Waals surface area contributed by atoms with Crippen molar-refractivity contribution >= 4 is 10.9 Å². The molecule has 1 aliphatic carbocycles.